The molecule has 0 fully saturated rings. The predicted molar refractivity (Wildman–Crippen MR) is 63.3 cm³/mol. The molecule has 0 bridgehead atoms. The number of hydrogen-bond donors (Lipinski definition) is 1. The lowest BCUT2D eigenvalue weighted by molar-refractivity contribution is -0.139. The molecule has 0 aromatic carbocycles. The van der Waals surface area contributed by atoms with Crippen LogP contribution in [0, 0.1) is 0 Å². The van der Waals surface area contributed by atoms with E-state index in [0.717, 1.165) is 0 Å². The topological polar surface area (TPSA) is 84.7 Å². The summed E-state index contributed by atoms with van der Waals surface area (Å²) >= 11 is 0. The molecule has 1 aromatic heterocycles. The highest BCUT2D eigenvalue weighted by molar-refractivity contribution is 5.75. The van der Waals surface area contributed by atoms with Gasteiger partial charge in [0.2, 0.25) is 5.91 Å². The lowest BCUT2D eigenvalue weighted by atomic mass is 10.4. The number of aromatic nitrogens is 2. The number of carboxylic acids is 1. The summed E-state index contributed by atoms with van der Waals surface area (Å²) in [5.74, 6) is -0.750. The molecule has 0 saturated heterocycles. The van der Waals surface area contributed by atoms with E-state index in [9.17, 15) is 9.59 Å². The molecular formula is C11H17N3O4. The number of hydrogen-bond acceptors (Lipinski definition) is 4. The van der Waals surface area contributed by atoms with E-state index in [2.05, 4.69) is 5.10 Å². The van der Waals surface area contributed by atoms with Crippen LogP contribution in [0.4, 0.5) is 0 Å². The second kappa shape index (κ2) is 6.63. The van der Waals surface area contributed by atoms with Crippen molar-refractivity contribution in [2.24, 2.45) is 0 Å². The summed E-state index contributed by atoms with van der Waals surface area (Å²) in [4.78, 5) is 23.8. The van der Waals surface area contributed by atoms with Crippen LogP contribution in [0.3, 0.4) is 0 Å². The lowest BCUT2D eigenvalue weighted by Gasteiger charge is -2.18. The van der Waals surface area contributed by atoms with Gasteiger partial charge in [0, 0.05) is 13.1 Å². The Kier molecular flexibility index (Phi) is 5.16. The van der Waals surface area contributed by atoms with Crippen LogP contribution in [-0.2, 0) is 16.1 Å². The van der Waals surface area contributed by atoms with Crippen LogP contribution >= 0.6 is 0 Å². The number of aliphatic carboxylic acids is 1. The molecule has 0 spiro atoms. The van der Waals surface area contributed by atoms with Gasteiger partial charge in [0.05, 0.1) is 12.4 Å². The van der Waals surface area contributed by atoms with Gasteiger partial charge in [-0.05, 0) is 13.8 Å². The molecule has 0 aliphatic rings. The van der Waals surface area contributed by atoms with E-state index in [0.29, 0.717) is 18.8 Å². The van der Waals surface area contributed by atoms with Gasteiger partial charge in [0.1, 0.15) is 6.54 Å². The number of rotatable bonds is 7. The van der Waals surface area contributed by atoms with Crippen LogP contribution in [0.5, 0.6) is 5.75 Å². The molecule has 1 amide bonds. The van der Waals surface area contributed by atoms with Crippen molar-refractivity contribution in [1.29, 1.82) is 0 Å². The minimum Gasteiger partial charge on any atom is -0.479 e. The van der Waals surface area contributed by atoms with Gasteiger partial charge in [-0.3, -0.25) is 9.48 Å². The molecule has 0 atom stereocenters. The maximum Gasteiger partial charge on any atom is 0.341 e. The number of carbonyl (C=O) groups excluding carboxylic acids is 1. The monoisotopic (exact) mass is 255 g/mol. The number of ether oxygens (including phenoxy) is 1. The lowest BCUT2D eigenvalue weighted by Crippen LogP contribution is -2.33. The SMILES string of the molecule is CCN(CC)C(=O)Cn1cc(OCC(=O)O)cn1. The molecule has 1 N–H and O–H groups in total. The summed E-state index contributed by atoms with van der Waals surface area (Å²) in [6, 6.07) is 0. The summed E-state index contributed by atoms with van der Waals surface area (Å²) in [5, 5.41) is 12.4. The molecule has 0 radical (unpaired) electrons. The van der Waals surface area contributed by atoms with Crippen molar-refractivity contribution < 1.29 is 19.4 Å². The zero-order valence-corrected chi connectivity index (χ0v) is 10.5. The average molecular weight is 255 g/mol. The van der Waals surface area contributed by atoms with E-state index in [4.69, 9.17) is 9.84 Å². The van der Waals surface area contributed by atoms with Gasteiger partial charge in [-0.25, -0.2) is 4.79 Å². The zero-order valence-electron chi connectivity index (χ0n) is 10.5. The van der Waals surface area contributed by atoms with Crippen molar-refractivity contribution in [2.45, 2.75) is 20.4 Å². The third-order valence-electron chi connectivity index (χ3n) is 2.39. The maximum absolute atomic E-state index is 11.8. The Morgan fingerprint density at radius 1 is 1.44 bits per heavy atom. The average Bonchev–Trinajstić information content (AvgIpc) is 2.75. The third-order valence-corrected chi connectivity index (χ3v) is 2.39. The Bertz CT molecular complexity index is 412. The van der Waals surface area contributed by atoms with E-state index in [1.54, 1.807) is 4.90 Å². The highest BCUT2D eigenvalue weighted by Gasteiger charge is 2.11. The second-order valence-electron chi connectivity index (χ2n) is 3.62. The van der Waals surface area contributed by atoms with Crippen LogP contribution in [0.2, 0.25) is 0 Å². The van der Waals surface area contributed by atoms with E-state index in [-0.39, 0.29) is 12.5 Å². The minimum atomic E-state index is -1.05. The number of amides is 1. The largest absolute Gasteiger partial charge is 0.479 e. The summed E-state index contributed by atoms with van der Waals surface area (Å²) in [5.41, 5.74) is 0. The van der Waals surface area contributed by atoms with Crippen molar-refractivity contribution in [3.8, 4) is 5.75 Å². The van der Waals surface area contributed by atoms with Crippen molar-refractivity contribution in [2.75, 3.05) is 19.7 Å². The van der Waals surface area contributed by atoms with E-state index in [1.807, 2.05) is 13.8 Å². The zero-order chi connectivity index (χ0) is 13.5. The summed E-state index contributed by atoms with van der Waals surface area (Å²) in [6.45, 7) is 4.82. The highest BCUT2D eigenvalue weighted by Crippen LogP contribution is 2.08. The molecular weight excluding hydrogens is 238 g/mol. The fourth-order valence-electron chi connectivity index (χ4n) is 1.47. The van der Waals surface area contributed by atoms with Gasteiger partial charge >= 0.3 is 5.97 Å². The van der Waals surface area contributed by atoms with Gasteiger partial charge in [-0.1, -0.05) is 0 Å². The Labute approximate surface area is 105 Å². The second-order valence-corrected chi connectivity index (χ2v) is 3.62. The summed E-state index contributed by atoms with van der Waals surface area (Å²) < 4.78 is 6.36. The molecule has 7 heteroatoms. The molecule has 7 nitrogen and oxygen atoms in total. The maximum atomic E-state index is 11.8. The first kappa shape index (κ1) is 14.0. The molecule has 0 aliphatic carbocycles. The van der Waals surface area contributed by atoms with Gasteiger partial charge < -0.3 is 14.7 Å². The fraction of sp³-hybridized carbons (Fsp3) is 0.545. The first-order valence-electron chi connectivity index (χ1n) is 5.71. The molecule has 0 unspecified atom stereocenters. The van der Waals surface area contributed by atoms with Gasteiger partial charge in [-0.2, -0.15) is 5.10 Å². The van der Waals surface area contributed by atoms with Gasteiger partial charge in [0.25, 0.3) is 0 Å². The third kappa shape index (κ3) is 4.08. The van der Waals surface area contributed by atoms with Crippen LogP contribution in [0.15, 0.2) is 12.4 Å². The Hall–Kier alpha value is -2.05. The predicted octanol–water partition coefficient (Wildman–Crippen LogP) is 0.215. The number of carboxylic acid groups (broad SMARTS) is 1. The molecule has 0 aliphatic heterocycles. The number of nitrogens with zero attached hydrogens (tertiary/aromatic N) is 3. The Morgan fingerprint density at radius 3 is 2.67 bits per heavy atom. The van der Waals surface area contributed by atoms with Crippen LogP contribution in [-0.4, -0.2) is 51.4 Å². The van der Waals surface area contributed by atoms with Crippen LogP contribution < -0.4 is 4.74 Å². The summed E-state index contributed by atoms with van der Waals surface area (Å²) in [7, 11) is 0. The van der Waals surface area contributed by atoms with Gasteiger partial charge in [0.15, 0.2) is 12.4 Å². The van der Waals surface area contributed by atoms with E-state index in [1.165, 1.54) is 17.1 Å². The Morgan fingerprint density at radius 2 is 2.11 bits per heavy atom. The van der Waals surface area contributed by atoms with E-state index < -0.39 is 12.6 Å². The number of likely N-dealkylation sites (N-methyl/N-ethyl adjacent to an activating group) is 1. The standard InChI is InChI=1S/C11H17N3O4/c1-3-13(4-2)10(15)7-14-6-9(5-12-14)18-8-11(16)17/h5-6H,3-4,7-8H2,1-2H3,(H,16,17). The minimum absolute atomic E-state index is 0.0344. The Balaban J connectivity index is 2.53. The molecule has 1 aromatic rings. The number of carbonyl (C=O) groups is 2. The molecule has 0 saturated carbocycles. The summed E-state index contributed by atoms with van der Waals surface area (Å²) in [6.07, 6.45) is 2.89. The first-order valence-corrected chi connectivity index (χ1v) is 5.71. The molecule has 18 heavy (non-hydrogen) atoms. The normalized spacial score (nSPS) is 10.1. The highest BCUT2D eigenvalue weighted by atomic mass is 16.5. The molecule has 1 heterocycles. The quantitative estimate of drug-likeness (QED) is 0.753. The van der Waals surface area contributed by atoms with E-state index >= 15 is 0 Å². The van der Waals surface area contributed by atoms with Crippen molar-refractivity contribution >= 4 is 11.9 Å². The molecule has 1 rings (SSSR count). The van der Waals surface area contributed by atoms with Crippen molar-refractivity contribution in [3.05, 3.63) is 12.4 Å². The van der Waals surface area contributed by atoms with Crippen LogP contribution in [0.1, 0.15) is 13.8 Å². The first-order chi connectivity index (χ1) is 8.56. The fourth-order valence-corrected chi connectivity index (χ4v) is 1.47. The van der Waals surface area contributed by atoms with Crippen molar-refractivity contribution in [3.63, 3.8) is 0 Å². The van der Waals surface area contributed by atoms with Crippen LogP contribution in [0.25, 0.3) is 0 Å². The smallest absolute Gasteiger partial charge is 0.341 e. The van der Waals surface area contributed by atoms with Gasteiger partial charge in [-0.15, -0.1) is 0 Å². The van der Waals surface area contributed by atoms with Crippen molar-refractivity contribution in [1.82, 2.24) is 14.7 Å². The molecule has 100 valence electrons.